The number of para-hydroxylation sites is 2. The van der Waals surface area contributed by atoms with Gasteiger partial charge < -0.3 is 9.88 Å². The lowest BCUT2D eigenvalue weighted by atomic mass is 9.70. The van der Waals surface area contributed by atoms with Gasteiger partial charge in [-0.3, -0.25) is 4.90 Å². The smallest absolute Gasteiger partial charge is 0.106 e. The molecule has 6 heteroatoms. The van der Waals surface area contributed by atoms with Crippen molar-refractivity contribution in [2.24, 2.45) is 0 Å². The molecule has 4 heterocycles. The van der Waals surface area contributed by atoms with Crippen LogP contribution in [0.5, 0.6) is 0 Å². The second-order valence-electron chi connectivity index (χ2n) is 10.4. The van der Waals surface area contributed by atoms with E-state index in [2.05, 4.69) is 76.3 Å². The van der Waals surface area contributed by atoms with Crippen LogP contribution in [0.3, 0.4) is 0 Å². The number of nitrogens with zero attached hydrogens (tertiary/aromatic N) is 3. The van der Waals surface area contributed by atoms with E-state index >= 15 is 0 Å². The van der Waals surface area contributed by atoms with Crippen molar-refractivity contribution in [3.63, 3.8) is 0 Å². The largest absolute Gasteiger partial charge is 0.325 e. The van der Waals surface area contributed by atoms with Crippen molar-refractivity contribution < 1.29 is 0 Å². The highest BCUT2D eigenvalue weighted by Crippen LogP contribution is 2.44. The first kappa shape index (κ1) is 25.5. The van der Waals surface area contributed by atoms with E-state index in [-0.39, 0.29) is 24.8 Å². The second kappa shape index (κ2) is 10.6. The van der Waals surface area contributed by atoms with Crippen molar-refractivity contribution in [3.8, 4) is 0 Å². The van der Waals surface area contributed by atoms with E-state index in [0.717, 1.165) is 30.7 Å². The van der Waals surface area contributed by atoms with Gasteiger partial charge in [0.25, 0.3) is 0 Å². The van der Waals surface area contributed by atoms with Crippen LogP contribution in [-0.2, 0) is 5.41 Å². The Bertz CT molecular complexity index is 1060. The van der Waals surface area contributed by atoms with Crippen LogP contribution in [0.25, 0.3) is 11.0 Å². The molecule has 0 unspecified atom stereocenters. The van der Waals surface area contributed by atoms with Crippen molar-refractivity contribution in [2.45, 2.75) is 75.4 Å². The minimum Gasteiger partial charge on any atom is -0.325 e. The lowest BCUT2D eigenvalue weighted by Gasteiger charge is -2.44. The molecule has 3 aliphatic heterocycles. The zero-order valence-corrected chi connectivity index (χ0v) is 21.8. The number of fused-ring (bicyclic) bond motifs is 3. The Labute approximate surface area is 216 Å². The lowest BCUT2D eigenvalue weighted by molar-refractivity contribution is 0.0929. The molecule has 0 radical (unpaired) electrons. The minimum atomic E-state index is 0. The fourth-order valence-electron chi connectivity index (χ4n) is 7.17. The molecule has 0 amide bonds. The van der Waals surface area contributed by atoms with Gasteiger partial charge in [-0.2, -0.15) is 0 Å². The predicted octanol–water partition coefficient (Wildman–Crippen LogP) is 6.07. The summed E-state index contributed by atoms with van der Waals surface area (Å²) >= 11 is 0. The molecule has 3 aromatic rings. The number of piperidine rings is 2. The molecule has 3 aliphatic rings. The van der Waals surface area contributed by atoms with E-state index in [0.29, 0.717) is 11.5 Å². The standard InChI is InChI=1S/C28H36N4.2ClH/c1-21-30-26-9-5-6-10-27(26)32(21)25-19-23-11-12-24(20-25)31(23)18-15-28(13-16-29-17-14-28)22-7-3-2-4-8-22;;/h2-10,23-25,29H,11-20H2,1H3;2*1H/t23-,24-;;/m0../s1. The zero-order chi connectivity index (χ0) is 21.5. The average molecular weight is 502 g/mol. The third-order valence-electron chi connectivity index (χ3n) is 8.79. The summed E-state index contributed by atoms with van der Waals surface area (Å²) in [5.74, 6) is 1.18. The van der Waals surface area contributed by atoms with Crippen molar-refractivity contribution >= 4 is 35.8 Å². The molecule has 4 nitrogen and oxygen atoms in total. The van der Waals surface area contributed by atoms with Crippen molar-refractivity contribution in [2.75, 3.05) is 19.6 Å². The summed E-state index contributed by atoms with van der Waals surface area (Å²) < 4.78 is 2.55. The van der Waals surface area contributed by atoms with Crippen LogP contribution in [0.15, 0.2) is 54.6 Å². The average Bonchev–Trinajstić information content (AvgIpc) is 3.30. The van der Waals surface area contributed by atoms with Gasteiger partial charge in [-0.25, -0.2) is 4.98 Å². The van der Waals surface area contributed by atoms with Crippen LogP contribution >= 0.6 is 24.8 Å². The number of imidazole rings is 1. The quantitative estimate of drug-likeness (QED) is 0.461. The third kappa shape index (κ3) is 4.51. The number of hydrogen-bond donors (Lipinski definition) is 1. The van der Waals surface area contributed by atoms with Crippen molar-refractivity contribution in [3.05, 3.63) is 66.0 Å². The van der Waals surface area contributed by atoms with Crippen molar-refractivity contribution in [1.29, 1.82) is 0 Å². The highest BCUT2D eigenvalue weighted by Gasteiger charge is 2.43. The van der Waals surface area contributed by atoms with E-state index in [1.54, 1.807) is 5.56 Å². The van der Waals surface area contributed by atoms with Gasteiger partial charge in [-0.05, 0) is 94.6 Å². The van der Waals surface area contributed by atoms with E-state index in [1.807, 2.05) is 0 Å². The molecule has 0 aliphatic carbocycles. The first-order valence-corrected chi connectivity index (χ1v) is 12.7. The van der Waals surface area contributed by atoms with Crippen LogP contribution in [0.1, 0.15) is 62.4 Å². The maximum Gasteiger partial charge on any atom is 0.106 e. The van der Waals surface area contributed by atoms with Crippen molar-refractivity contribution in [1.82, 2.24) is 19.8 Å². The lowest BCUT2D eigenvalue weighted by Crippen LogP contribution is -2.47. The maximum absolute atomic E-state index is 4.86. The number of nitrogens with one attached hydrogen (secondary N) is 1. The molecule has 2 bridgehead atoms. The molecule has 2 atom stereocenters. The molecule has 3 fully saturated rings. The summed E-state index contributed by atoms with van der Waals surface area (Å²) in [5.41, 5.74) is 4.38. The molecular formula is C28H38Cl2N4. The van der Waals surface area contributed by atoms with Gasteiger partial charge in [0.2, 0.25) is 0 Å². The Kier molecular flexibility index (Phi) is 7.93. The van der Waals surface area contributed by atoms with Crippen LogP contribution in [0, 0.1) is 6.92 Å². The number of hydrogen-bond acceptors (Lipinski definition) is 3. The van der Waals surface area contributed by atoms with Gasteiger partial charge in [0, 0.05) is 18.1 Å². The van der Waals surface area contributed by atoms with E-state index < -0.39 is 0 Å². The molecule has 34 heavy (non-hydrogen) atoms. The summed E-state index contributed by atoms with van der Waals surface area (Å²) in [7, 11) is 0. The van der Waals surface area contributed by atoms with Crippen LogP contribution in [0.2, 0.25) is 0 Å². The molecule has 1 aromatic heterocycles. The minimum absolute atomic E-state index is 0. The topological polar surface area (TPSA) is 33.1 Å². The Balaban J connectivity index is 0.00000137. The second-order valence-corrected chi connectivity index (χ2v) is 10.4. The third-order valence-corrected chi connectivity index (χ3v) is 8.79. The molecule has 0 saturated carbocycles. The Morgan fingerprint density at radius 1 is 0.882 bits per heavy atom. The first-order chi connectivity index (χ1) is 15.7. The summed E-state index contributed by atoms with van der Waals surface area (Å²) in [4.78, 5) is 7.76. The molecule has 0 spiro atoms. The number of halogens is 2. The molecule has 2 aromatic carbocycles. The van der Waals surface area contributed by atoms with Gasteiger partial charge >= 0.3 is 0 Å². The van der Waals surface area contributed by atoms with Gasteiger partial charge in [0.05, 0.1) is 11.0 Å². The van der Waals surface area contributed by atoms with E-state index in [4.69, 9.17) is 4.98 Å². The predicted molar refractivity (Wildman–Crippen MR) is 146 cm³/mol. The fourth-order valence-corrected chi connectivity index (χ4v) is 7.17. The van der Waals surface area contributed by atoms with E-state index in [1.165, 1.54) is 62.8 Å². The highest BCUT2D eigenvalue weighted by molar-refractivity contribution is 5.85. The van der Waals surface area contributed by atoms with Crippen LogP contribution in [-0.4, -0.2) is 46.2 Å². The van der Waals surface area contributed by atoms with Gasteiger partial charge in [-0.1, -0.05) is 42.5 Å². The SMILES string of the molecule is Cc1nc2ccccc2n1C1C[C@@H]2CC[C@@H](C1)N2CCC1(c2ccccc2)CCNCC1.Cl.Cl. The monoisotopic (exact) mass is 500 g/mol. The van der Waals surface area contributed by atoms with Crippen LogP contribution < -0.4 is 5.32 Å². The molecule has 1 N–H and O–H groups in total. The van der Waals surface area contributed by atoms with Gasteiger partial charge in [-0.15, -0.1) is 24.8 Å². The summed E-state index contributed by atoms with van der Waals surface area (Å²) in [6, 6.07) is 22.1. The van der Waals surface area contributed by atoms with Crippen LogP contribution in [0.4, 0.5) is 0 Å². The molecular weight excluding hydrogens is 463 g/mol. The summed E-state index contributed by atoms with van der Waals surface area (Å²) in [5, 5.41) is 3.60. The van der Waals surface area contributed by atoms with Gasteiger partial charge in [0.1, 0.15) is 5.82 Å². The number of aryl methyl sites for hydroxylation is 1. The Morgan fingerprint density at radius 3 is 2.24 bits per heavy atom. The fraction of sp³-hybridized carbons (Fsp3) is 0.536. The Morgan fingerprint density at radius 2 is 1.53 bits per heavy atom. The normalized spacial score (nSPS) is 26.1. The van der Waals surface area contributed by atoms with E-state index in [9.17, 15) is 0 Å². The summed E-state index contributed by atoms with van der Waals surface area (Å²) in [6.45, 7) is 5.74. The number of rotatable bonds is 5. The molecule has 3 saturated heterocycles. The highest BCUT2D eigenvalue weighted by atomic mass is 35.5. The summed E-state index contributed by atoms with van der Waals surface area (Å²) in [6.07, 6.45) is 9.12. The molecule has 6 rings (SSSR count). The number of benzene rings is 2. The Hall–Kier alpha value is -1.59. The zero-order valence-electron chi connectivity index (χ0n) is 20.2. The van der Waals surface area contributed by atoms with Gasteiger partial charge in [0.15, 0.2) is 0 Å². The maximum atomic E-state index is 4.86. The number of aromatic nitrogens is 2. The first-order valence-electron chi connectivity index (χ1n) is 12.7. The molecule has 184 valence electrons.